The van der Waals surface area contributed by atoms with Crippen LogP contribution in [0.25, 0.3) is 0 Å². The van der Waals surface area contributed by atoms with Gasteiger partial charge in [0.05, 0.1) is 0 Å². The van der Waals surface area contributed by atoms with Crippen LogP contribution in [0, 0.1) is 0 Å². The molecule has 0 radical (unpaired) electrons. The summed E-state index contributed by atoms with van der Waals surface area (Å²) in [5, 5.41) is 26.7. The quantitative estimate of drug-likeness (QED) is 0.309. The van der Waals surface area contributed by atoms with Crippen molar-refractivity contribution in [3.8, 4) is 5.75 Å². The van der Waals surface area contributed by atoms with Crippen LogP contribution in [0.3, 0.4) is 0 Å². The van der Waals surface area contributed by atoms with E-state index in [-0.39, 0.29) is 22.9 Å². The van der Waals surface area contributed by atoms with Crippen molar-refractivity contribution >= 4 is 54.4 Å². The van der Waals surface area contributed by atoms with Crippen molar-refractivity contribution in [3.05, 3.63) is 18.2 Å². The molecule has 104 valence electrons. The van der Waals surface area contributed by atoms with Crippen LogP contribution in [0.2, 0.25) is 0 Å². The molecule has 0 heterocycles. The Hall–Kier alpha value is -0.982. The van der Waals surface area contributed by atoms with E-state index in [4.69, 9.17) is 15.9 Å². The van der Waals surface area contributed by atoms with Crippen LogP contribution < -0.4 is 10.1 Å². The SMILES string of the molecule is Nc1cc([As](SCC(=O)O)SCC(=O)O)ccc1O. The van der Waals surface area contributed by atoms with E-state index in [0.717, 1.165) is 4.35 Å². The van der Waals surface area contributed by atoms with Crippen molar-refractivity contribution in [1.82, 2.24) is 0 Å². The van der Waals surface area contributed by atoms with E-state index >= 15 is 0 Å². The van der Waals surface area contributed by atoms with Gasteiger partial charge in [0.2, 0.25) is 0 Å². The van der Waals surface area contributed by atoms with Crippen molar-refractivity contribution < 1.29 is 24.9 Å². The standard InChI is InChI=1S/C10H12AsNO5S2/c12-7-3-6(1-2-8(7)13)11(18-4-9(14)15)19-5-10(16)17/h1-3,13H,4-5,12H2,(H,14,15)(H,16,17). The number of rotatable bonds is 7. The fourth-order valence-electron chi connectivity index (χ4n) is 1.07. The summed E-state index contributed by atoms with van der Waals surface area (Å²) in [7, 11) is 2.50. The van der Waals surface area contributed by atoms with E-state index in [9.17, 15) is 14.7 Å². The van der Waals surface area contributed by atoms with Gasteiger partial charge in [0.15, 0.2) is 0 Å². The molecule has 9 heteroatoms. The van der Waals surface area contributed by atoms with Gasteiger partial charge >= 0.3 is 120 Å². The molecule has 5 N–H and O–H groups in total. The molecule has 1 aromatic rings. The van der Waals surface area contributed by atoms with Crippen molar-refractivity contribution in [1.29, 1.82) is 0 Å². The first-order chi connectivity index (χ1) is 8.90. The van der Waals surface area contributed by atoms with Gasteiger partial charge in [0.1, 0.15) is 0 Å². The van der Waals surface area contributed by atoms with Crippen molar-refractivity contribution in [3.63, 3.8) is 0 Å². The molecular weight excluding hydrogens is 353 g/mol. The first-order valence-corrected chi connectivity index (χ1v) is 12.4. The number of nitrogens with two attached hydrogens (primary N) is 1. The van der Waals surface area contributed by atoms with Gasteiger partial charge in [0.25, 0.3) is 0 Å². The van der Waals surface area contributed by atoms with Crippen LogP contribution in [0.5, 0.6) is 5.75 Å². The number of aromatic hydroxyl groups is 1. The average molecular weight is 365 g/mol. The molecule has 0 aromatic heterocycles. The molecule has 0 bridgehead atoms. The molecule has 1 rings (SSSR count). The maximum absolute atomic E-state index is 10.6. The summed E-state index contributed by atoms with van der Waals surface area (Å²) < 4.78 is 0.820. The van der Waals surface area contributed by atoms with Crippen molar-refractivity contribution in [2.45, 2.75) is 0 Å². The molecule has 0 fully saturated rings. The topological polar surface area (TPSA) is 121 Å². The number of hydrogen-bond donors (Lipinski definition) is 4. The molecule has 0 aliphatic heterocycles. The number of carboxylic acid groups (broad SMARTS) is 2. The van der Waals surface area contributed by atoms with E-state index in [1.165, 1.54) is 26.1 Å². The van der Waals surface area contributed by atoms with Gasteiger partial charge in [-0.25, -0.2) is 0 Å². The molecule has 19 heavy (non-hydrogen) atoms. The van der Waals surface area contributed by atoms with E-state index < -0.39 is 24.3 Å². The van der Waals surface area contributed by atoms with Gasteiger partial charge in [-0.3, -0.25) is 0 Å². The fraction of sp³-hybridized carbons (Fsp3) is 0.200. The number of aliphatic carboxylic acids is 2. The summed E-state index contributed by atoms with van der Waals surface area (Å²) >= 11 is -1.95. The fourth-order valence-corrected chi connectivity index (χ4v) is 12.0. The van der Waals surface area contributed by atoms with E-state index in [1.54, 1.807) is 12.1 Å². The summed E-state index contributed by atoms with van der Waals surface area (Å²) in [6, 6.07) is 4.68. The number of carboxylic acids is 2. The summed E-state index contributed by atoms with van der Waals surface area (Å²) in [5.74, 6) is -2.07. The number of benzene rings is 1. The second kappa shape index (κ2) is 7.57. The van der Waals surface area contributed by atoms with Gasteiger partial charge in [-0.05, 0) is 0 Å². The van der Waals surface area contributed by atoms with E-state index in [2.05, 4.69) is 0 Å². The minimum absolute atomic E-state index is 0.0378. The number of anilines is 1. The van der Waals surface area contributed by atoms with Crippen LogP contribution in [-0.4, -0.2) is 51.1 Å². The van der Waals surface area contributed by atoms with Crippen LogP contribution in [-0.2, 0) is 9.59 Å². The molecule has 1 aromatic carbocycles. The van der Waals surface area contributed by atoms with Gasteiger partial charge in [0, 0.05) is 0 Å². The Morgan fingerprint density at radius 3 is 2.11 bits per heavy atom. The summed E-state index contributed by atoms with van der Waals surface area (Å²) in [6.07, 6.45) is 0. The number of hydrogen-bond acceptors (Lipinski definition) is 6. The zero-order valence-corrected chi connectivity index (χ0v) is 13.2. The average Bonchev–Trinajstić information content (AvgIpc) is 2.32. The first-order valence-electron chi connectivity index (χ1n) is 4.98. The normalized spacial score (nSPS) is 10.6. The molecular formula is C10H12AsNO5S2. The Kier molecular flexibility index (Phi) is 6.40. The third kappa shape index (κ3) is 5.67. The molecule has 0 unspecified atom stereocenters. The Morgan fingerprint density at radius 1 is 1.16 bits per heavy atom. The number of carbonyl (C=O) groups is 2. The van der Waals surface area contributed by atoms with Gasteiger partial charge < -0.3 is 0 Å². The minimum atomic E-state index is -1.95. The van der Waals surface area contributed by atoms with E-state index in [0.29, 0.717) is 0 Å². The van der Waals surface area contributed by atoms with E-state index in [1.807, 2.05) is 0 Å². The molecule has 6 nitrogen and oxygen atoms in total. The van der Waals surface area contributed by atoms with Crippen molar-refractivity contribution in [2.75, 3.05) is 17.2 Å². The number of nitrogen functional groups attached to an aromatic ring is 1. The van der Waals surface area contributed by atoms with Crippen molar-refractivity contribution in [2.24, 2.45) is 0 Å². The number of phenols is 1. The molecule has 0 spiro atoms. The Balaban J connectivity index is 2.83. The van der Waals surface area contributed by atoms with Gasteiger partial charge in [-0.1, -0.05) is 0 Å². The number of phenolic OH excluding ortho intramolecular Hbond substituents is 1. The van der Waals surface area contributed by atoms with Crippen LogP contribution in [0.15, 0.2) is 18.2 Å². The van der Waals surface area contributed by atoms with Crippen LogP contribution in [0.4, 0.5) is 5.69 Å². The van der Waals surface area contributed by atoms with Crippen LogP contribution in [0.1, 0.15) is 0 Å². The predicted molar refractivity (Wildman–Crippen MR) is 78.1 cm³/mol. The Labute approximate surface area is 120 Å². The third-order valence-electron chi connectivity index (χ3n) is 1.83. The predicted octanol–water partition coefficient (Wildman–Crippen LogP) is 0.305. The molecule has 0 aliphatic rings. The zero-order chi connectivity index (χ0) is 14.4. The first kappa shape index (κ1) is 16.1. The maximum atomic E-state index is 10.6. The van der Waals surface area contributed by atoms with Gasteiger partial charge in [-0.15, -0.1) is 0 Å². The Bertz CT molecular complexity index is 467. The zero-order valence-electron chi connectivity index (χ0n) is 9.65. The Morgan fingerprint density at radius 2 is 1.68 bits per heavy atom. The molecule has 0 atom stereocenters. The molecule has 0 aliphatic carbocycles. The third-order valence-corrected chi connectivity index (χ3v) is 14.6. The molecule has 0 saturated heterocycles. The molecule has 0 saturated carbocycles. The molecule has 0 amide bonds. The second-order valence-electron chi connectivity index (χ2n) is 3.33. The summed E-state index contributed by atoms with van der Waals surface area (Å²) in [5.41, 5.74) is 5.80. The summed E-state index contributed by atoms with van der Waals surface area (Å²) in [6.45, 7) is 0. The monoisotopic (exact) mass is 365 g/mol. The summed E-state index contributed by atoms with van der Waals surface area (Å²) in [4.78, 5) is 21.2. The van der Waals surface area contributed by atoms with Gasteiger partial charge in [-0.2, -0.15) is 0 Å². The second-order valence-corrected chi connectivity index (χ2v) is 14.8. The van der Waals surface area contributed by atoms with Crippen LogP contribution >= 0.6 is 20.0 Å².